The van der Waals surface area contributed by atoms with Crippen molar-refractivity contribution in [1.82, 2.24) is 10.2 Å². The van der Waals surface area contributed by atoms with Crippen molar-refractivity contribution in [1.29, 1.82) is 0 Å². The molecule has 7 nitrogen and oxygen atoms in total. The third-order valence-electron chi connectivity index (χ3n) is 5.26. The molecular formula is C25H18N4O3S2. The van der Waals surface area contributed by atoms with Crippen molar-refractivity contribution in [3.05, 3.63) is 94.5 Å². The number of amides is 1. The first-order valence-corrected chi connectivity index (χ1v) is 12.2. The highest BCUT2D eigenvalue weighted by Crippen LogP contribution is 2.32. The van der Waals surface area contributed by atoms with E-state index in [0.717, 1.165) is 5.69 Å². The number of aryl methyl sites for hydroxylation is 1. The van der Waals surface area contributed by atoms with Crippen molar-refractivity contribution < 1.29 is 14.4 Å². The number of ketones is 2. The maximum absolute atomic E-state index is 13.1. The topological polar surface area (TPSA) is 101 Å². The normalized spacial score (nSPS) is 12.1. The van der Waals surface area contributed by atoms with Gasteiger partial charge in [-0.05, 0) is 25.1 Å². The van der Waals surface area contributed by atoms with Gasteiger partial charge in [-0.3, -0.25) is 14.4 Å². The van der Waals surface area contributed by atoms with Crippen LogP contribution in [0, 0.1) is 6.92 Å². The summed E-state index contributed by atoms with van der Waals surface area (Å²) in [4.78, 5) is 38.6. The van der Waals surface area contributed by atoms with Crippen LogP contribution in [0.25, 0.3) is 0 Å². The maximum Gasteiger partial charge on any atom is 0.234 e. The largest absolute Gasteiger partial charge is 0.330 e. The number of hydrogen-bond donors (Lipinski definition) is 2. The quantitative estimate of drug-likeness (QED) is 0.322. The zero-order valence-corrected chi connectivity index (χ0v) is 19.6. The fourth-order valence-electron chi connectivity index (χ4n) is 3.64. The monoisotopic (exact) mass is 486 g/mol. The molecule has 0 atom stereocenters. The smallest absolute Gasteiger partial charge is 0.234 e. The molecule has 168 valence electrons. The zero-order valence-electron chi connectivity index (χ0n) is 18.0. The second kappa shape index (κ2) is 9.20. The number of carbonyl (C=O) groups excluding carboxylic acids is 3. The van der Waals surface area contributed by atoms with Crippen molar-refractivity contribution >= 4 is 57.1 Å². The molecule has 4 aromatic rings. The standard InChI is InChI=1S/C25H18N4O3S2/c1-14-9-11-15(12-10-14)26-24-28-29-25(34-24)33-13-20(30)27-19-8-4-7-18-21(19)23(32)17-6-3-2-5-16(17)22(18)31/h2-12H,13H2,1H3,(H,26,28)(H,27,30). The third kappa shape index (κ3) is 4.35. The number of nitrogens with zero attached hydrogens (tertiary/aromatic N) is 2. The minimum Gasteiger partial charge on any atom is -0.330 e. The molecule has 5 rings (SSSR count). The third-order valence-corrected chi connectivity index (χ3v) is 7.23. The Morgan fingerprint density at radius 3 is 2.35 bits per heavy atom. The molecule has 0 fully saturated rings. The van der Waals surface area contributed by atoms with Crippen molar-refractivity contribution in [2.75, 3.05) is 16.4 Å². The predicted octanol–water partition coefficient (Wildman–Crippen LogP) is 5.10. The fraction of sp³-hybridized carbons (Fsp3) is 0.0800. The van der Waals surface area contributed by atoms with Crippen molar-refractivity contribution in [2.24, 2.45) is 0 Å². The van der Waals surface area contributed by atoms with Crippen molar-refractivity contribution in [2.45, 2.75) is 11.3 Å². The first-order chi connectivity index (χ1) is 16.5. The highest BCUT2D eigenvalue weighted by Gasteiger charge is 2.31. The Morgan fingerprint density at radius 2 is 1.59 bits per heavy atom. The lowest BCUT2D eigenvalue weighted by Gasteiger charge is -2.20. The molecule has 0 spiro atoms. The Bertz CT molecular complexity index is 1430. The molecule has 0 radical (unpaired) electrons. The van der Waals surface area contributed by atoms with E-state index >= 15 is 0 Å². The lowest BCUT2D eigenvalue weighted by Crippen LogP contribution is -2.24. The molecule has 0 saturated carbocycles. The molecule has 1 heterocycles. The summed E-state index contributed by atoms with van der Waals surface area (Å²) in [5.74, 6) is -0.717. The van der Waals surface area contributed by atoms with Crippen LogP contribution in [0.3, 0.4) is 0 Å². The van der Waals surface area contributed by atoms with Gasteiger partial charge in [-0.25, -0.2) is 0 Å². The van der Waals surface area contributed by atoms with Crippen LogP contribution in [0.5, 0.6) is 0 Å². The zero-order chi connectivity index (χ0) is 23.7. The minimum absolute atomic E-state index is 0.0849. The average molecular weight is 487 g/mol. The summed E-state index contributed by atoms with van der Waals surface area (Å²) in [6.45, 7) is 2.02. The molecule has 1 aromatic heterocycles. The maximum atomic E-state index is 13.1. The van der Waals surface area contributed by atoms with Crippen molar-refractivity contribution in [3.63, 3.8) is 0 Å². The summed E-state index contributed by atoms with van der Waals surface area (Å²) in [7, 11) is 0. The van der Waals surface area contributed by atoms with E-state index in [1.807, 2.05) is 31.2 Å². The van der Waals surface area contributed by atoms with Gasteiger partial charge in [0, 0.05) is 22.4 Å². The molecule has 34 heavy (non-hydrogen) atoms. The van der Waals surface area contributed by atoms with E-state index in [1.54, 1.807) is 42.5 Å². The van der Waals surface area contributed by atoms with E-state index in [-0.39, 0.29) is 28.8 Å². The molecular weight excluding hydrogens is 468 g/mol. The number of nitrogens with one attached hydrogen (secondary N) is 2. The summed E-state index contributed by atoms with van der Waals surface area (Å²) < 4.78 is 0.639. The summed E-state index contributed by atoms with van der Waals surface area (Å²) in [5, 5.41) is 14.8. The second-order valence-corrected chi connectivity index (χ2v) is 9.83. The Balaban J connectivity index is 1.26. The van der Waals surface area contributed by atoms with E-state index in [2.05, 4.69) is 20.8 Å². The van der Waals surface area contributed by atoms with Crippen LogP contribution in [0.4, 0.5) is 16.5 Å². The Labute approximate surface area is 203 Å². The molecule has 9 heteroatoms. The molecule has 0 aliphatic heterocycles. The number of aromatic nitrogens is 2. The number of thioether (sulfide) groups is 1. The van der Waals surface area contributed by atoms with E-state index < -0.39 is 0 Å². The van der Waals surface area contributed by atoms with Gasteiger partial charge < -0.3 is 10.6 Å². The van der Waals surface area contributed by atoms with Gasteiger partial charge in [0.2, 0.25) is 11.0 Å². The van der Waals surface area contributed by atoms with Crippen molar-refractivity contribution in [3.8, 4) is 0 Å². The summed E-state index contributed by atoms with van der Waals surface area (Å²) in [6, 6.07) is 19.6. The average Bonchev–Trinajstić information content (AvgIpc) is 3.30. The number of fused-ring (bicyclic) bond motifs is 2. The summed E-state index contributed by atoms with van der Waals surface area (Å²) >= 11 is 2.60. The van der Waals surface area contributed by atoms with E-state index in [9.17, 15) is 14.4 Å². The molecule has 0 unspecified atom stereocenters. The number of benzene rings is 3. The highest BCUT2D eigenvalue weighted by molar-refractivity contribution is 8.01. The molecule has 0 saturated heterocycles. The second-order valence-electron chi connectivity index (χ2n) is 7.63. The van der Waals surface area contributed by atoms with Gasteiger partial charge in [-0.15, -0.1) is 10.2 Å². The number of rotatable bonds is 6. The SMILES string of the molecule is Cc1ccc(Nc2nnc(SCC(=O)Nc3cccc4c3C(=O)c3ccccc3C4=O)s2)cc1. The van der Waals surface area contributed by atoms with Crippen LogP contribution >= 0.6 is 23.1 Å². The minimum atomic E-state index is -0.305. The van der Waals surface area contributed by atoms with E-state index in [4.69, 9.17) is 0 Å². The molecule has 2 N–H and O–H groups in total. The van der Waals surface area contributed by atoms with Crippen LogP contribution in [-0.4, -0.2) is 33.4 Å². The van der Waals surface area contributed by atoms with Gasteiger partial charge in [0.05, 0.1) is 17.0 Å². The van der Waals surface area contributed by atoms with Crippen LogP contribution in [0.15, 0.2) is 71.1 Å². The molecule has 1 aliphatic carbocycles. The van der Waals surface area contributed by atoms with Gasteiger partial charge in [0.25, 0.3) is 0 Å². The molecule has 3 aromatic carbocycles. The Morgan fingerprint density at radius 1 is 0.882 bits per heavy atom. The van der Waals surface area contributed by atoms with E-state index in [0.29, 0.717) is 31.8 Å². The first kappa shape index (κ1) is 22.0. The molecule has 1 amide bonds. The Kier molecular flexibility index (Phi) is 5.95. The number of hydrogen-bond acceptors (Lipinski definition) is 8. The number of anilines is 3. The number of carbonyl (C=O) groups is 3. The molecule has 1 aliphatic rings. The lowest BCUT2D eigenvalue weighted by atomic mass is 9.83. The van der Waals surface area contributed by atoms with Crippen LogP contribution < -0.4 is 10.6 Å². The fourth-order valence-corrected chi connectivity index (χ4v) is 5.21. The van der Waals surface area contributed by atoms with Crippen LogP contribution in [-0.2, 0) is 4.79 Å². The van der Waals surface area contributed by atoms with Gasteiger partial charge in [-0.2, -0.15) is 0 Å². The first-order valence-electron chi connectivity index (χ1n) is 10.4. The van der Waals surface area contributed by atoms with Crippen LogP contribution in [0.2, 0.25) is 0 Å². The summed E-state index contributed by atoms with van der Waals surface area (Å²) in [5.41, 5.74) is 3.65. The van der Waals surface area contributed by atoms with Crippen LogP contribution in [0.1, 0.15) is 37.4 Å². The summed E-state index contributed by atoms with van der Waals surface area (Å²) in [6.07, 6.45) is 0. The van der Waals surface area contributed by atoms with Gasteiger partial charge in [-0.1, -0.05) is 77.2 Å². The molecule has 0 bridgehead atoms. The lowest BCUT2D eigenvalue weighted by molar-refractivity contribution is -0.113. The van der Waals surface area contributed by atoms with Gasteiger partial charge in [0.15, 0.2) is 15.9 Å². The van der Waals surface area contributed by atoms with Gasteiger partial charge in [0.1, 0.15) is 0 Å². The predicted molar refractivity (Wildman–Crippen MR) is 133 cm³/mol. The Hall–Kier alpha value is -3.82. The highest BCUT2D eigenvalue weighted by atomic mass is 32.2. The van der Waals surface area contributed by atoms with E-state index in [1.165, 1.54) is 28.7 Å². The van der Waals surface area contributed by atoms with Gasteiger partial charge >= 0.3 is 0 Å².